The first-order valence-electron chi connectivity index (χ1n) is 10.2. The molecule has 0 radical (unpaired) electrons. The number of nitrogens with one attached hydrogen (secondary N) is 1. The molecule has 0 fully saturated rings. The molecule has 1 atom stereocenters. The van der Waals surface area contributed by atoms with Gasteiger partial charge in [-0.25, -0.2) is 4.79 Å². The molecule has 7 heteroatoms. The average molecular weight is 420 g/mol. The van der Waals surface area contributed by atoms with Crippen molar-refractivity contribution in [1.29, 1.82) is 0 Å². The molecule has 2 heterocycles. The number of carbonyl (C=O) groups is 2. The lowest BCUT2D eigenvalue weighted by molar-refractivity contribution is -0.129. The van der Waals surface area contributed by atoms with E-state index in [-0.39, 0.29) is 19.2 Å². The molecule has 2 aromatic carbocycles. The number of hydrogen-bond donors (Lipinski definition) is 1. The van der Waals surface area contributed by atoms with Gasteiger partial charge in [-0.15, -0.1) is 0 Å². The van der Waals surface area contributed by atoms with Gasteiger partial charge in [-0.3, -0.25) is 9.78 Å². The van der Waals surface area contributed by atoms with Gasteiger partial charge in [0.05, 0.1) is 16.8 Å². The number of amides is 1. The van der Waals surface area contributed by atoms with Crippen LogP contribution in [0.15, 0.2) is 42.5 Å². The summed E-state index contributed by atoms with van der Waals surface area (Å²) in [6.07, 6.45) is -0.363. The lowest BCUT2D eigenvalue weighted by Gasteiger charge is -2.17. The van der Waals surface area contributed by atoms with Gasteiger partial charge in [0.15, 0.2) is 17.6 Å². The van der Waals surface area contributed by atoms with Crippen LogP contribution in [0, 0.1) is 6.92 Å². The second-order valence-corrected chi connectivity index (χ2v) is 7.38. The van der Waals surface area contributed by atoms with Crippen molar-refractivity contribution in [3.63, 3.8) is 0 Å². The van der Waals surface area contributed by atoms with Crippen molar-refractivity contribution in [3.05, 3.63) is 64.8 Å². The molecule has 1 amide bonds. The maximum Gasteiger partial charge on any atom is 0.341 e. The molecule has 0 saturated carbocycles. The molecule has 0 saturated heterocycles. The van der Waals surface area contributed by atoms with E-state index in [0.717, 1.165) is 22.0 Å². The number of esters is 1. The highest BCUT2D eigenvalue weighted by Crippen LogP contribution is 2.32. The van der Waals surface area contributed by atoms with Crippen LogP contribution in [0.5, 0.6) is 11.5 Å². The van der Waals surface area contributed by atoms with Crippen molar-refractivity contribution in [2.75, 3.05) is 6.79 Å². The molecular weight excluding hydrogens is 396 g/mol. The molecule has 0 bridgehead atoms. The van der Waals surface area contributed by atoms with E-state index in [0.29, 0.717) is 29.2 Å². The molecule has 1 N–H and O–H groups in total. The standard InChI is InChI=1S/C24H24N2O5/c1-4-18-22(14(2)17-7-5-6-8-19(17)26-18)24(28)31-15(3)23(27)25-12-16-9-10-20-21(11-16)30-13-29-20/h5-11,15H,4,12-13H2,1-3H3,(H,25,27). The number of ether oxygens (including phenoxy) is 3. The molecule has 0 spiro atoms. The summed E-state index contributed by atoms with van der Waals surface area (Å²) in [6.45, 7) is 5.86. The maximum atomic E-state index is 12.9. The number of fused-ring (bicyclic) bond motifs is 2. The fourth-order valence-electron chi connectivity index (χ4n) is 3.62. The summed E-state index contributed by atoms with van der Waals surface area (Å²) in [7, 11) is 0. The third-order valence-corrected chi connectivity index (χ3v) is 5.32. The number of aryl methyl sites for hydroxylation is 2. The molecule has 1 aliphatic rings. The first kappa shape index (κ1) is 20.7. The number of rotatable bonds is 6. The minimum Gasteiger partial charge on any atom is -0.454 e. The minimum absolute atomic E-state index is 0.195. The fraction of sp³-hybridized carbons (Fsp3) is 0.292. The number of carbonyl (C=O) groups excluding carboxylic acids is 2. The number of nitrogens with zero attached hydrogens (tertiary/aromatic N) is 1. The smallest absolute Gasteiger partial charge is 0.341 e. The van der Waals surface area contributed by atoms with Crippen LogP contribution in [-0.4, -0.2) is 29.8 Å². The number of benzene rings is 2. The molecule has 4 rings (SSSR count). The number of para-hydroxylation sites is 1. The number of aromatic nitrogens is 1. The third kappa shape index (κ3) is 4.17. The van der Waals surface area contributed by atoms with Gasteiger partial charge >= 0.3 is 5.97 Å². The van der Waals surface area contributed by atoms with Crippen LogP contribution in [0.25, 0.3) is 10.9 Å². The van der Waals surface area contributed by atoms with Crippen molar-refractivity contribution in [1.82, 2.24) is 10.3 Å². The van der Waals surface area contributed by atoms with Gasteiger partial charge in [0.1, 0.15) is 0 Å². The van der Waals surface area contributed by atoms with Gasteiger partial charge in [0.2, 0.25) is 6.79 Å². The largest absolute Gasteiger partial charge is 0.454 e. The van der Waals surface area contributed by atoms with E-state index in [1.807, 2.05) is 50.2 Å². The van der Waals surface area contributed by atoms with E-state index >= 15 is 0 Å². The van der Waals surface area contributed by atoms with Crippen LogP contribution in [0.4, 0.5) is 0 Å². The Morgan fingerprint density at radius 1 is 1.16 bits per heavy atom. The third-order valence-electron chi connectivity index (χ3n) is 5.32. The highest BCUT2D eigenvalue weighted by Gasteiger charge is 2.24. The molecule has 0 aliphatic carbocycles. The lowest BCUT2D eigenvalue weighted by atomic mass is 10.0. The second-order valence-electron chi connectivity index (χ2n) is 7.38. The zero-order valence-electron chi connectivity index (χ0n) is 17.7. The quantitative estimate of drug-likeness (QED) is 0.612. The lowest BCUT2D eigenvalue weighted by Crippen LogP contribution is -2.35. The van der Waals surface area contributed by atoms with Crippen molar-refractivity contribution in [2.45, 2.75) is 39.8 Å². The van der Waals surface area contributed by atoms with Crippen molar-refractivity contribution >= 4 is 22.8 Å². The van der Waals surface area contributed by atoms with Crippen LogP contribution in [0.1, 0.15) is 41.0 Å². The van der Waals surface area contributed by atoms with Crippen molar-refractivity contribution in [2.24, 2.45) is 0 Å². The van der Waals surface area contributed by atoms with Gasteiger partial charge in [-0.05, 0) is 49.6 Å². The van der Waals surface area contributed by atoms with E-state index in [4.69, 9.17) is 14.2 Å². The van der Waals surface area contributed by atoms with E-state index in [1.165, 1.54) is 0 Å². The molecule has 1 unspecified atom stereocenters. The Bertz CT molecular complexity index is 1160. The minimum atomic E-state index is -0.947. The Kier molecular flexibility index (Phi) is 5.75. The predicted molar refractivity (Wildman–Crippen MR) is 115 cm³/mol. The van der Waals surface area contributed by atoms with Gasteiger partial charge in [-0.1, -0.05) is 31.2 Å². The summed E-state index contributed by atoms with van der Waals surface area (Å²) in [5.41, 5.74) is 3.59. The van der Waals surface area contributed by atoms with E-state index in [9.17, 15) is 9.59 Å². The molecule has 31 heavy (non-hydrogen) atoms. The van der Waals surface area contributed by atoms with Gasteiger partial charge < -0.3 is 19.5 Å². The van der Waals surface area contributed by atoms with Crippen LogP contribution < -0.4 is 14.8 Å². The summed E-state index contributed by atoms with van der Waals surface area (Å²) in [5.74, 6) is 0.412. The summed E-state index contributed by atoms with van der Waals surface area (Å²) in [5, 5.41) is 3.69. The molecular formula is C24H24N2O5. The zero-order chi connectivity index (χ0) is 22.0. The Morgan fingerprint density at radius 2 is 1.94 bits per heavy atom. The molecule has 3 aromatic rings. The van der Waals surface area contributed by atoms with Gasteiger partial charge in [0, 0.05) is 11.9 Å². The number of hydrogen-bond acceptors (Lipinski definition) is 6. The monoisotopic (exact) mass is 420 g/mol. The van der Waals surface area contributed by atoms with Crippen molar-refractivity contribution in [3.8, 4) is 11.5 Å². The van der Waals surface area contributed by atoms with Crippen molar-refractivity contribution < 1.29 is 23.8 Å². The summed E-state index contributed by atoms with van der Waals surface area (Å²) in [6, 6.07) is 13.1. The van der Waals surface area contributed by atoms with Gasteiger partial charge in [-0.2, -0.15) is 0 Å². The Balaban J connectivity index is 1.44. The van der Waals surface area contributed by atoms with Crippen LogP contribution in [-0.2, 0) is 22.5 Å². The Labute approximate surface area is 180 Å². The van der Waals surface area contributed by atoms with E-state index in [2.05, 4.69) is 10.3 Å². The van der Waals surface area contributed by atoms with Crippen LogP contribution in [0.2, 0.25) is 0 Å². The highest BCUT2D eigenvalue weighted by molar-refractivity contribution is 5.99. The Hall–Kier alpha value is -3.61. The van der Waals surface area contributed by atoms with Crippen LogP contribution >= 0.6 is 0 Å². The first-order chi connectivity index (χ1) is 15.0. The highest BCUT2D eigenvalue weighted by atomic mass is 16.7. The summed E-state index contributed by atoms with van der Waals surface area (Å²) < 4.78 is 16.1. The van der Waals surface area contributed by atoms with E-state index in [1.54, 1.807) is 13.0 Å². The normalized spacial score (nSPS) is 13.1. The summed E-state index contributed by atoms with van der Waals surface area (Å²) >= 11 is 0. The fourth-order valence-corrected chi connectivity index (χ4v) is 3.62. The Morgan fingerprint density at radius 3 is 2.74 bits per heavy atom. The molecule has 7 nitrogen and oxygen atoms in total. The topological polar surface area (TPSA) is 86.8 Å². The SMILES string of the molecule is CCc1nc2ccccc2c(C)c1C(=O)OC(C)C(=O)NCc1ccc2c(c1)OCO2. The second kappa shape index (κ2) is 8.63. The average Bonchev–Trinajstić information content (AvgIpc) is 3.25. The maximum absolute atomic E-state index is 12.9. The molecule has 1 aromatic heterocycles. The number of pyridine rings is 1. The van der Waals surface area contributed by atoms with E-state index < -0.39 is 12.1 Å². The van der Waals surface area contributed by atoms with Crippen LogP contribution in [0.3, 0.4) is 0 Å². The molecule has 160 valence electrons. The summed E-state index contributed by atoms with van der Waals surface area (Å²) in [4.78, 5) is 30.1. The zero-order valence-corrected chi connectivity index (χ0v) is 17.7. The first-order valence-corrected chi connectivity index (χ1v) is 10.2. The molecule has 1 aliphatic heterocycles. The predicted octanol–water partition coefficient (Wildman–Crippen LogP) is 3.70. The van der Waals surface area contributed by atoms with Gasteiger partial charge in [0.25, 0.3) is 5.91 Å².